The molecule has 2 heterocycles. The maximum absolute atomic E-state index is 11.5. The third-order valence-electron chi connectivity index (χ3n) is 3.77. The van der Waals surface area contributed by atoms with E-state index in [1.807, 2.05) is 12.3 Å². The molecule has 0 saturated carbocycles. The summed E-state index contributed by atoms with van der Waals surface area (Å²) in [6, 6.07) is 8.38. The first kappa shape index (κ1) is 12.9. The number of carbonyl (C=O) groups is 1. The van der Waals surface area contributed by atoms with Gasteiger partial charge in [0, 0.05) is 30.1 Å². The fraction of sp³-hybridized carbons (Fsp3) is 0.294. The Balaban J connectivity index is 2.16. The molecule has 2 aromatic rings. The van der Waals surface area contributed by atoms with Gasteiger partial charge in [0.2, 0.25) is 5.91 Å². The molecule has 0 bridgehead atoms. The summed E-state index contributed by atoms with van der Waals surface area (Å²) < 4.78 is 0. The molecular formula is C17H18N2O. The van der Waals surface area contributed by atoms with Gasteiger partial charge in [0.1, 0.15) is 0 Å². The van der Waals surface area contributed by atoms with Crippen LogP contribution in [0.2, 0.25) is 0 Å². The van der Waals surface area contributed by atoms with E-state index in [4.69, 9.17) is 0 Å². The van der Waals surface area contributed by atoms with Crippen LogP contribution in [0, 0.1) is 0 Å². The second kappa shape index (κ2) is 5.08. The Kier molecular flexibility index (Phi) is 3.26. The largest absolute Gasteiger partial charge is 0.326 e. The van der Waals surface area contributed by atoms with Crippen LogP contribution >= 0.6 is 0 Å². The maximum Gasteiger partial charge on any atom is 0.224 e. The summed E-state index contributed by atoms with van der Waals surface area (Å²) in [5.41, 5.74) is 5.79. The lowest BCUT2D eigenvalue weighted by Gasteiger charge is -2.22. The van der Waals surface area contributed by atoms with E-state index in [0.717, 1.165) is 17.7 Å². The second-order valence-electron chi connectivity index (χ2n) is 5.54. The van der Waals surface area contributed by atoms with Crippen LogP contribution in [-0.4, -0.2) is 10.9 Å². The van der Waals surface area contributed by atoms with Gasteiger partial charge in [-0.3, -0.25) is 9.78 Å². The van der Waals surface area contributed by atoms with Gasteiger partial charge in [0.05, 0.1) is 0 Å². The number of pyridine rings is 1. The van der Waals surface area contributed by atoms with Gasteiger partial charge in [-0.25, -0.2) is 0 Å². The van der Waals surface area contributed by atoms with E-state index >= 15 is 0 Å². The van der Waals surface area contributed by atoms with Crippen molar-refractivity contribution in [1.82, 2.24) is 4.98 Å². The Hall–Kier alpha value is -2.16. The normalized spacial score (nSPS) is 14.1. The minimum absolute atomic E-state index is 0.112. The van der Waals surface area contributed by atoms with Crippen molar-refractivity contribution in [3.8, 4) is 11.1 Å². The molecule has 3 nitrogen and oxygen atoms in total. The summed E-state index contributed by atoms with van der Waals surface area (Å²) in [5, 5.41) is 2.98. The molecule has 20 heavy (non-hydrogen) atoms. The van der Waals surface area contributed by atoms with E-state index in [0.29, 0.717) is 12.3 Å². The lowest BCUT2D eigenvalue weighted by atomic mass is 9.88. The molecule has 1 aromatic heterocycles. The average Bonchev–Trinajstić information content (AvgIpc) is 2.46. The summed E-state index contributed by atoms with van der Waals surface area (Å²) >= 11 is 0. The summed E-state index contributed by atoms with van der Waals surface area (Å²) in [7, 11) is 0. The summed E-state index contributed by atoms with van der Waals surface area (Å²) in [6.07, 6.45) is 5.07. The van der Waals surface area contributed by atoms with Crippen LogP contribution in [0.1, 0.15) is 37.3 Å². The van der Waals surface area contributed by atoms with Crippen LogP contribution in [0.5, 0.6) is 0 Å². The number of fused-ring (bicyclic) bond motifs is 1. The molecule has 1 aliphatic rings. The zero-order valence-corrected chi connectivity index (χ0v) is 11.8. The van der Waals surface area contributed by atoms with Gasteiger partial charge >= 0.3 is 0 Å². The summed E-state index contributed by atoms with van der Waals surface area (Å²) in [4.78, 5) is 15.8. The van der Waals surface area contributed by atoms with Crippen LogP contribution in [0.3, 0.4) is 0 Å². The van der Waals surface area contributed by atoms with Crippen molar-refractivity contribution in [2.75, 3.05) is 5.32 Å². The number of anilines is 1. The van der Waals surface area contributed by atoms with Gasteiger partial charge in [-0.2, -0.15) is 0 Å². The highest BCUT2D eigenvalue weighted by Gasteiger charge is 2.19. The molecule has 1 N–H and O–H groups in total. The van der Waals surface area contributed by atoms with Gasteiger partial charge in [-0.05, 0) is 47.2 Å². The number of nitrogens with one attached hydrogen (secondary N) is 1. The van der Waals surface area contributed by atoms with Crippen LogP contribution in [0.25, 0.3) is 11.1 Å². The van der Waals surface area contributed by atoms with E-state index in [2.05, 4.69) is 42.3 Å². The van der Waals surface area contributed by atoms with Crippen LogP contribution in [0.4, 0.5) is 5.69 Å². The molecule has 3 heteroatoms. The van der Waals surface area contributed by atoms with Crippen molar-refractivity contribution in [2.24, 2.45) is 0 Å². The number of amides is 1. The lowest BCUT2D eigenvalue weighted by molar-refractivity contribution is -0.116. The van der Waals surface area contributed by atoms with Crippen LogP contribution in [-0.2, 0) is 11.2 Å². The maximum atomic E-state index is 11.5. The van der Waals surface area contributed by atoms with Crippen molar-refractivity contribution in [1.29, 1.82) is 0 Å². The second-order valence-corrected chi connectivity index (χ2v) is 5.54. The fourth-order valence-electron chi connectivity index (χ4n) is 2.70. The summed E-state index contributed by atoms with van der Waals surface area (Å²) in [6.45, 7) is 4.35. The number of hydrogen-bond donors (Lipinski definition) is 1. The van der Waals surface area contributed by atoms with Crippen LogP contribution < -0.4 is 5.32 Å². The number of benzene rings is 1. The van der Waals surface area contributed by atoms with Crippen LogP contribution in [0.15, 0.2) is 36.7 Å². The van der Waals surface area contributed by atoms with E-state index in [1.165, 1.54) is 16.7 Å². The molecular weight excluding hydrogens is 248 g/mol. The molecule has 1 aliphatic heterocycles. The van der Waals surface area contributed by atoms with E-state index in [1.54, 1.807) is 6.20 Å². The summed E-state index contributed by atoms with van der Waals surface area (Å²) in [5.74, 6) is 0.510. The molecule has 0 radical (unpaired) electrons. The highest BCUT2D eigenvalue weighted by atomic mass is 16.1. The number of hydrogen-bond acceptors (Lipinski definition) is 2. The Bertz CT molecular complexity index is 648. The molecule has 0 atom stereocenters. The average molecular weight is 266 g/mol. The van der Waals surface area contributed by atoms with Gasteiger partial charge < -0.3 is 5.32 Å². The Morgan fingerprint density at radius 1 is 1.25 bits per heavy atom. The molecule has 1 aromatic carbocycles. The molecule has 0 unspecified atom stereocenters. The standard InChI is InChI=1S/C17H18N2O/c1-11(2)14-9-16-12(5-6-17(20)19-16)8-15(14)13-4-3-7-18-10-13/h3-4,7-11H,5-6H2,1-2H3,(H,19,20). The van der Waals surface area contributed by atoms with Crippen molar-refractivity contribution >= 4 is 11.6 Å². The molecule has 0 spiro atoms. The highest BCUT2D eigenvalue weighted by molar-refractivity contribution is 5.94. The first-order chi connectivity index (χ1) is 9.65. The van der Waals surface area contributed by atoms with E-state index in [9.17, 15) is 4.79 Å². The third kappa shape index (κ3) is 2.31. The van der Waals surface area contributed by atoms with E-state index < -0.39 is 0 Å². The van der Waals surface area contributed by atoms with Crippen molar-refractivity contribution in [3.05, 3.63) is 47.8 Å². The zero-order valence-electron chi connectivity index (χ0n) is 11.8. The predicted octanol–water partition coefficient (Wildman–Crippen LogP) is 3.76. The first-order valence-electron chi connectivity index (χ1n) is 7.02. The van der Waals surface area contributed by atoms with Crippen molar-refractivity contribution < 1.29 is 4.79 Å². The Labute approximate surface area is 119 Å². The fourth-order valence-corrected chi connectivity index (χ4v) is 2.70. The minimum Gasteiger partial charge on any atom is -0.326 e. The zero-order chi connectivity index (χ0) is 14.1. The van der Waals surface area contributed by atoms with Gasteiger partial charge in [-0.15, -0.1) is 0 Å². The first-order valence-corrected chi connectivity index (χ1v) is 7.02. The Morgan fingerprint density at radius 2 is 2.10 bits per heavy atom. The van der Waals surface area contributed by atoms with E-state index in [-0.39, 0.29) is 5.91 Å². The van der Waals surface area contributed by atoms with Gasteiger partial charge in [-0.1, -0.05) is 19.9 Å². The highest BCUT2D eigenvalue weighted by Crippen LogP contribution is 2.35. The SMILES string of the molecule is CC(C)c1cc2c(cc1-c1cccnc1)CCC(=O)N2. The van der Waals surface area contributed by atoms with Crippen molar-refractivity contribution in [2.45, 2.75) is 32.6 Å². The predicted molar refractivity (Wildman–Crippen MR) is 80.7 cm³/mol. The number of carbonyl (C=O) groups excluding carboxylic acids is 1. The molecule has 0 fully saturated rings. The molecule has 3 rings (SSSR count). The molecule has 102 valence electrons. The van der Waals surface area contributed by atoms with Gasteiger partial charge in [0.25, 0.3) is 0 Å². The molecule has 1 amide bonds. The number of rotatable bonds is 2. The smallest absolute Gasteiger partial charge is 0.224 e. The quantitative estimate of drug-likeness (QED) is 0.899. The van der Waals surface area contributed by atoms with Crippen molar-refractivity contribution in [3.63, 3.8) is 0 Å². The number of nitrogens with zero attached hydrogens (tertiary/aromatic N) is 1. The topological polar surface area (TPSA) is 42.0 Å². The Morgan fingerprint density at radius 3 is 2.80 bits per heavy atom. The number of aromatic nitrogens is 1. The molecule has 0 saturated heterocycles. The number of aryl methyl sites for hydroxylation is 1. The van der Waals surface area contributed by atoms with Gasteiger partial charge in [0.15, 0.2) is 0 Å². The third-order valence-corrected chi connectivity index (χ3v) is 3.77. The monoisotopic (exact) mass is 266 g/mol. The lowest BCUT2D eigenvalue weighted by Crippen LogP contribution is -2.19. The minimum atomic E-state index is 0.112. The molecule has 0 aliphatic carbocycles.